The summed E-state index contributed by atoms with van der Waals surface area (Å²) in [5.41, 5.74) is 1.14. The number of ether oxygens (including phenoxy) is 4. The highest BCUT2D eigenvalue weighted by Gasteiger charge is 2.46. The van der Waals surface area contributed by atoms with Crippen LogP contribution in [0.4, 0.5) is 0 Å². The van der Waals surface area contributed by atoms with Gasteiger partial charge in [-0.25, -0.2) is 0 Å². The number of aliphatic hydroxyl groups is 1. The molecule has 1 N–H and O–H groups in total. The highest BCUT2D eigenvalue weighted by atomic mass is 16.5. The predicted molar refractivity (Wildman–Crippen MR) is 166 cm³/mol. The maximum absolute atomic E-state index is 13.6. The number of benzene rings is 2. The second-order valence-corrected chi connectivity index (χ2v) is 11.5. The highest BCUT2D eigenvalue weighted by Crippen LogP contribution is 2.42. The number of ketones is 1. The third kappa shape index (κ3) is 8.30. The summed E-state index contributed by atoms with van der Waals surface area (Å²) < 4.78 is 23.0. The number of amides is 1. The Morgan fingerprint density at radius 3 is 2.51 bits per heavy atom. The van der Waals surface area contributed by atoms with Crippen molar-refractivity contribution in [3.05, 3.63) is 59.2 Å². The molecule has 43 heavy (non-hydrogen) atoms. The number of carbonyl (C=O) groups is 2. The average molecular weight is 595 g/mol. The lowest BCUT2D eigenvalue weighted by Crippen LogP contribution is -2.39. The van der Waals surface area contributed by atoms with Crippen LogP contribution in [0.2, 0.25) is 0 Å². The van der Waals surface area contributed by atoms with Gasteiger partial charge >= 0.3 is 0 Å². The van der Waals surface area contributed by atoms with Crippen LogP contribution in [-0.4, -0.2) is 86.3 Å². The molecule has 0 radical (unpaired) electrons. The SMILES string of the molecule is CCCCOc1cccc(C(O)=C2C(=O)C(=O)N(CCCN3CCOCC3)C2c2ccc(OCCC(C)C)c(OC)c2)c1. The fourth-order valence-electron chi connectivity index (χ4n) is 5.35. The van der Waals surface area contributed by atoms with Crippen molar-refractivity contribution in [3.8, 4) is 17.2 Å². The Hall–Kier alpha value is -3.56. The lowest BCUT2D eigenvalue weighted by atomic mass is 9.95. The predicted octanol–water partition coefficient (Wildman–Crippen LogP) is 5.44. The maximum Gasteiger partial charge on any atom is 0.295 e. The standard InChI is InChI=1S/C34H46N2O7/c1-5-6-18-42-27-10-7-9-26(22-27)32(37)30-31(25-11-12-28(29(23-25)40-4)43-19-13-24(2)3)36(34(39)33(30)38)15-8-14-35-16-20-41-21-17-35/h7,9-12,22-24,31,37H,5-6,8,13-21H2,1-4H3. The van der Waals surface area contributed by atoms with Crippen LogP contribution >= 0.6 is 0 Å². The molecule has 2 heterocycles. The molecule has 234 valence electrons. The molecular weight excluding hydrogens is 548 g/mol. The number of likely N-dealkylation sites (tertiary alicyclic amines) is 1. The summed E-state index contributed by atoms with van der Waals surface area (Å²) in [4.78, 5) is 31.0. The number of nitrogens with zero attached hydrogens (tertiary/aromatic N) is 2. The van der Waals surface area contributed by atoms with Crippen molar-refractivity contribution in [2.45, 2.75) is 52.5 Å². The Kier molecular flexibility index (Phi) is 11.9. The maximum atomic E-state index is 13.6. The number of Topliss-reactive ketones (excluding diaryl/α,β-unsaturated/α-hetero) is 1. The van der Waals surface area contributed by atoms with E-state index in [0.29, 0.717) is 73.7 Å². The van der Waals surface area contributed by atoms with E-state index in [0.717, 1.165) is 38.9 Å². The first-order valence-corrected chi connectivity index (χ1v) is 15.5. The fourth-order valence-corrected chi connectivity index (χ4v) is 5.35. The van der Waals surface area contributed by atoms with Crippen LogP contribution in [-0.2, 0) is 14.3 Å². The van der Waals surface area contributed by atoms with Gasteiger partial charge in [0.1, 0.15) is 11.5 Å². The first kappa shape index (κ1) is 32.4. The van der Waals surface area contributed by atoms with Crippen LogP contribution in [0.3, 0.4) is 0 Å². The highest BCUT2D eigenvalue weighted by molar-refractivity contribution is 6.46. The number of carbonyl (C=O) groups excluding carboxylic acids is 2. The topological polar surface area (TPSA) is 97.8 Å². The fraction of sp³-hybridized carbons (Fsp3) is 0.529. The van der Waals surface area contributed by atoms with Crippen LogP contribution in [0.25, 0.3) is 5.76 Å². The third-order valence-electron chi connectivity index (χ3n) is 7.85. The number of hydrogen-bond donors (Lipinski definition) is 1. The van der Waals surface area contributed by atoms with E-state index in [-0.39, 0.29) is 11.3 Å². The van der Waals surface area contributed by atoms with Gasteiger partial charge in [0.2, 0.25) is 0 Å². The van der Waals surface area contributed by atoms with Crippen molar-refractivity contribution in [2.24, 2.45) is 5.92 Å². The quantitative estimate of drug-likeness (QED) is 0.126. The third-order valence-corrected chi connectivity index (χ3v) is 7.85. The van der Waals surface area contributed by atoms with E-state index in [4.69, 9.17) is 18.9 Å². The zero-order valence-corrected chi connectivity index (χ0v) is 26.0. The molecule has 1 unspecified atom stereocenters. The van der Waals surface area contributed by atoms with Crippen molar-refractivity contribution >= 4 is 17.4 Å². The molecule has 2 aromatic rings. The smallest absolute Gasteiger partial charge is 0.295 e. The van der Waals surface area contributed by atoms with Crippen LogP contribution < -0.4 is 14.2 Å². The molecule has 9 heteroatoms. The molecular formula is C34H46N2O7. The number of rotatable bonds is 15. The lowest BCUT2D eigenvalue weighted by Gasteiger charge is -2.29. The molecule has 0 bridgehead atoms. The van der Waals surface area contributed by atoms with Crippen molar-refractivity contribution < 1.29 is 33.6 Å². The molecule has 2 saturated heterocycles. The zero-order valence-electron chi connectivity index (χ0n) is 26.0. The Morgan fingerprint density at radius 2 is 1.79 bits per heavy atom. The molecule has 0 aliphatic carbocycles. The Bertz CT molecular complexity index is 1270. The summed E-state index contributed by atoms with van der Waals surface area (Å²) in [6.45, 7) is 11.7. The molecule has 0 saturated carbocycles. The molecule has 0 aromatic heterocycles. The summed E-state index contributed by atoms with van der Waals surface area (Å²) in [7, 11) is 1.57. The number of hydrogen-bond acceptors (Lipinski definition) is 8. The van der Waals surface area contributed by atoms with Gasteiger partial charge in [0.15, 0.2) is 11.5 Å². The Morgan fingerprint density at radius 1 is 1.00 bits per heavy atom. The van der Waals surface area contributed by atoms with Crippen LogP contribution in [0.5, 0.6) is 17.2 Å². The minimum absolute atomic E-state index is 0.0533. The number of methoxy groups -OCH3 is 1. The minimum Gasteiger partial charge on any atom is -0.507 e. The molecule has 0 spiro atoms. The van der Waals surface area contributed by atoms with Gasteiger partial charge in [0.05, 0.1) is 45.2 Å². The summed E-state index contributed by atoms with van der Waals surface area (Å²) in [6.07, 6.45) is 3.48. The molecule has 1 atom stereocenters. The number of morpholine rings is 1. The monoisotopic (exact) mass is 594 g/mol. The minimum atomic E-state index is -0.784. The van der Waals surface area contributed by atoms with Crippen molar-refractivity contribution in [2.75, 3.05) is 59.7 Å². The van der Waals surface area contributed by atoms with E-state index in [1.165, 1.54) is 0 Å². The second kappa shape index (κ2) is 15.8. The van der Waals surface area contributed by atoms with Gasteiger partial charge in [0.25, 0.3) is 11.7 Å². The van der Waals surface area contributed by atoms with E-state index >= 15 is 0 Å². The number of unbranched alkanes of at least 4 members (excludes halogenated alkanes) is 1. The van der Waals surface area contributed by atoms with E-state index in [1.54, 1.807) is 36.3 Å². The van der Waals surface area contributed by atoms with E-state index < -0.39 is 17.7 Å². The Balaban J connectivity index is 1.68. The molecule has 9 nitrogen and oxygen atoms in total. The van der Waals surface area contributed by atoms with Crippen molar-refractivity contribution in [1.29, 1.82) is 0 Å². The molecule has 2 aromatic carbocycles. The summed E-state index contributed by atoms with van der Waals surface area (Å²) >= 11 is 0. The van der Waals surface area contributed by atoms with Gasteiger partial charge in [-0.05, 0) is 55.0 Å². The largest absolute Gasteiger partial charge is 0.507 e. The van der Waals surface area contributed by atoms with Crippen molar-refractivity contribution in [3.63, 3.8) is 0 Å². The van der Waals surface area contributed by atoms with E-state index in [2.05, 4.69) is 25.7 Å². The molecule has 2 fully saturated rings. The van der Waals surface area contributed by atoms with Crippen LogP contribution in [0.1, 0.15) is 63.6 Å². The van der Waals surface area contributed by atoms with Gasteiger partial charge in [-0.1, -0.05) is 45.4 Å². The second-order valence-electron chi connectivity index (χ2n) is 11.5. The first-order valence-electron chi connectivity index (χ1n) is 15.5. The van der Waals surface area contributed by atoms with Gasteiger partial charge in [0, 0.05) is 31.7 Å². The van der Waals surface area contributed by atoms with Crippen molar-refractivity contribution in [1.82, 2.24) is 9.80 Å². The van der Waals surface area contributed by atoms with Gasteiger partial charge in [-0.3, -0.25) is 14.5 Å². The molecule has 2 aliphatic heterocycles. The van der Waals surface area contributed by atoms with Gasteiger partial charge in [-0.15, -0.1) is 0 Å². The first-order chi connectivity index (χ1) is 20.8. The van der Waals surface area contributed by atoms with Gasteiger partial charge in [-0.2, -0.15) is 0 Å². The number of aliphatic hydroxyl groups excluding tert-OH is 1. The zero-order chi connectivity index (χ0) is 30.8. The van der Waals surface area contributed by atoms with Gasteiger partial charge < -0.3 is 29.0 Å². The average Bonchev–Trinajstić information content (AvgIpc) is 3.26. The summed E-state index contributed by atoms with van der Waals surface area (Å²) in [5, 5.41) is 11.6. The van der Waals surface area contributed by atoms with Crippen LogP contribution in [0, 0.1) is 5.92 Å². The van der Waals surface area contributed by atoms with E-state index in [1.807, 2.05) is 18.2 Å². The van der Waals surface area contributed by atoms with Crippen LogP contribution in [0.15, 0.2) is 48.0 Å². The Labute approximate surface area is 255 Å². The molecule has 1 amide bonds. The normalized spacial score (nSPS) is 18.8. The summed E-state index contributed by atoms with van der Waals surface area (Å²) in [5.74, 6) is 0.634. The van der Waals surface area contributed by atoms with E-state index in [9.17, 15) is 14.7 Å². The molecule has 4 rings (SSSR count). The molecule has 2 aliphatic rings. The summed E-state index contributed by atoms with van der Waals surface area (Å²) in [6, 6.07) is 11.7. The lowest BCUT2D eigenvalue weighted by molar-refractivity contribution is -0.140.